The average Bonchev–Trinajstić information content (AvgIpc) is 2.73. The molecule has 1 N–H and O–H groups in total. The third kappa shape index (κ3) is 2.91. The zero-order valence-corrected chi connectivity index (χ0v) is 9.92. The molecule has 1 rings (SSSR count). The molecule has 0 unspecified atom stereocenters. The molecule has 1 aliphatic rings. The van der Waals surface area contributed by atoms with E-state index in [1.54, 1.807) is 13.8 Å². The van der Waals surface area contributed by atoms with Gasteiger partial charge in [-0.25, -0.2) is 9.59 Å². The predicted octanol–water partition coefficient (Wildman–Crippen LogP) is 0.422. The van der Waals surface area contributed by atoms with Gasteiger partial charge in [-0.3, -0.25) is 4.79 Å². The Balaban J connectivity index is 2.87. The van der Waals surface area contributed by atoms with Crippen molar-refractivity contribution in [3.8, 4) is 0 Å². The van der Waals surface area contributed by atoms with Gasteiger partial charge in [-0.1, -0.05) is 13.8 Å². The Kier molecular flexibility index (Phi) is 4.40. The molecule has 1 amide bonds. The van der Waals surface area contributed by atoms with E-state index in [2.05, 4.69) is 4.99 Å². The molecule has 0 radical (unpaired) electrons. The number of hydrogen-bond acceptors (Lipinski definition) is 4. The van der Waals surface area contributed by atoms with Gasteiger partial charge in [0.15, 0.2) is 0 Å². The number of nitrogens with zero attached hydrogens (tertiary/aromatic N) is 2. The minimum absolute atomic E-state index is 0.154. The fraction of sp³-hybridized carbons (Fsp3) is 0.727. The van der Waals surface area contributed by atoms with Gasteiger partial charge in [-0.15, -0.1) is 0 Å². The number of hydrogen-bond donors (Lipinski definition) is 1. The van der Waals surface area contributed by atoms with Crippen LogP contribution in [0.5, 0.6) is 0 Å². The van der Waals surface area contributed by atoms with Crippen molar-refractivity contribution in [1.82, 2.24) is 4.90 Å². The molecule has 0 aromatic carbocycles. The van der Waals surface area contributed by atoms with Crippen LogP contribution in [0, 0.1) is 5.92 Å². The second-order valence-corrected chi connectivity index (χ2v) is 4.44. The number of carboxylic acids is 1. The van der Waals surface area contributed by atoms with E-state index in [9.17, 15) is 14.4 Å². The summed E-state index contributed by atoms with van der Waals surface area (Å²) in [7, 11) is 0. The van der Waals surface area contributed by atoms with E-state index in [-0.39, 0.29) is 5.92 Å². The lowest BCUT2D eigenvalue weighted by Crippen LogP contribution is -2.46. The van der Waals surface area contributed by atoms with E-state index in [0.717, 1.165) is 0 Å². The first-order valence-electron chi connectivity index (χ1n) is 5.59. The van der Waals surface area contributed by atoms with Gasteiger partial charge in [0, 0.05) is 6.54 Å². The minimum Gasteiger partial charge on any atom is -0.480 e. The third-order valence-corrected chi connectivity index (χ3v) is 2.90. The maximum Gasteiger partial charge on any atom is 0.326 e. The van der Waals surface area contributed by atoms with Crippen LogP contribution >= 0.6 is 0 Å². The quantitative estimate of drug-likeness (QED) is 0.570. The van der Waals surface area contributed by atoms with Crippen molar-refractivity contribution in [2.45, 2.75) is 38.8 Å². The molecule has 2 atom stereocenters. The SMILES string of the molecule is CC(C)[C@H](N=C=O)C(=O)N1CCC[C@H]1C(=O)O. The standard InChI is InChI=1S/C11H16N2O4/c1-7(2)9(12-6-14)10(15)13-5-3-4-8(13)11(16)17/h7-9H,3-5H2,1-2H3,(H,16,17)/t8-,9-/m0/s1. The summed E-state index contributed by atoms with van der Waals surface area (Å²) in [4.78, 5) is 38.1. The molecule has 0 spiro atoms. The number of aliphatic carboxylic acids is 1. The van der Waals surface area contributed by atoms with Crippen molar-refractivity contribution in [2.75, 3.05) is 6.54 Å². The number of carbonyl (C=O) groups excluding carboxylic acids is 2. The molecule has 17 heavy (non-hydrogen) atoms. The Bertz CT molecular complexity index is 360. The first-order valence-corrected chi connectivity index (χ1v) is 5.59. The van der Waals surface area contributed by atoms with Crippen LogP contribution in [0.3, 0.4) is 0 Å². The fourth-order valence-electron chi connectivity index (χ4n) is 2.00. The summed E-state index contributed by atoms with van der Waals surface area (Å²) in [6, 6.07) is -1.61. The maximum atomic E-state index is 12.1. The van der Waals surface area contributed by atoms with Gasteiger partial charge in [0.05, 0.1) is 0 Å². The topological polar surface area (TPSA) is 87.0 Å². The molecule has 0 aliphatic carbocycles. The van der Waals surface area contributed by atoms with Crippen LogP contribution in [0.15, 0.2) is 4.99 Å². The molecule has 0 aromatic rings. The summed E-state index contributed by atoms with van der Waals surface area (Å²) in [6.45, 7) is 3.93. The monoisotopic (exact) mass is 240 g/mol. The molecule has 1 heterocycles. The Morgan fingerprint density at radius 1 is 1.47 bits per heavy atom. The number of rotatable bonds is 4. The van der Waals surface area contributed by atoms with Crippen LogP contribution in [0.1, 0.15) is 26.7 Å². The fourth-order valence-corrected chi connectivity index (χ4v) is 2.00. The highest BCUT2D eigenvalue weighted by atomic mass is 16.4. The predicted molar refractivity (Wildman–Crippen MR) is 59.1 cm³/mol. The number of isocyanates is 1. The number of carboxylic acid groups (broad SMARTS) is 1. The van der Waals surface area contributed by atoms with E-state index in [4.69, 9.17) is 5.11 Å². The lowest BCUT2D eigenvalue weighted by atomic mass is 10.0. The summed E-state index contributed by atoms with van der Waals surface area (Å²) in [6.07, 6.45) is 2.50. The molecule has 0 saturated carbocycles. The third-order valence-electron chi connectivity index (χ3n) is 2.90. The Hall–Kier alpha value is -1.68. The molecule has 6 nitrogen and oxygen atoms in total. The van der Waals surface area contributed by atoms with E-state index < -0.39 is 24.0 Å². The van der Waals surface area contributed by atoms with Crippen molar-refractivity contribution in [2.24, 2.45) is 10.9 Å². The summed E-state index contributed by atoms with van der Waals surface area (Å²) in [5.74, 6) is -1.55. The summed E-state index contributed by atoms with van der Waals surface area (Å²) in [5.41, 5.74) is 0. The van der Waals surface area contributed by atoms with E-state index in [1.807, 2.05) is 0 Å². The Labute approximate surface area is 99.3 Å². The molecule has 0 bridgehead atoms. The largest absolute Gasteiger partial charge is 0.480 e. The number of likely N-dealkylation sites (tertiary alicyclic amines) is 1. The highest BCUT2D eigenvalue weighted by Gasteiger charge is 2.37. The highest BCUT2D eigenvalue weighted by molar-refractivity contribution is 5.88. The van der Waals surface area contributed by atoms with Gasteiger partial charge in [0.2, 0.25) is 12.0 Å². The van der Waals surface area contributed by atoms with Crippen molar-refractivity contribution in [1.29, 1.82) is 0 Å². The second kappa shape index (κ2) is 5.59. The van der Waals surface area contributed by atoms with E-state index >= 15 is 0 Å². The van der Waals surface area contributed by atoms with Crippen LogP contribution < -0.4 is 0 Å². The number of carbonyl (C=O) groups is 2. The van der Waals surface area contributed by atoms with Crippen molar-refractivity contribution < 1.29 is 19.5 Å². The molecular weight excluding hydrogens is 224 g/mol. The van der Waals surface area contributed by atoms with Crippen LogP contribution in [-0.2, 0) is 14.4 Å². The van der Waals surface area contributed by atoms with Gasteiger partial charge in [0.25, 0.3) is 0 Å². The minimum atomic E-state index is -1.01. The molecule has 6 heteroatoms. The van der Waals surface area contributed by atoms with Crippen LogP contribution in [0.25, 0.3) is 0 Å². The second-order valence-electron chi connectivity index (χ2n) is 4.44. The zero-order chi connectivity index (χ0) is 13.0. The normalized spacial score (nSPS) is 21.1. The summed E-state index contributed by atoms with van der Waals surface area (Å²) >= 11 is 0. The van der Waals surface area contributed by atoms with Gasteiger partial charge < -0.3 is 10.0 Å². The van der Waals surface area contributed by atoms with Crippen molar-refractivity contribution in [3.05, 3.63) is 0 Å². The highest BCUT2D eigenvalue weighted by Crippen LogP contribution is 2.21. The van der Waals surface area contributed by atoms with Gasteiger partial charge in [0.1, 0.15) is 12.1 Å². The van der Waals surface area contributed by atoms with Crippen molar-refractivity contribution in [3.63, 3.8) is 0 Å². The maximum absolute atomic E-state index is 12.1. The molecule has 94 valence electrons. The van der Waals surface area contributed by atoms with Gasteiger partial charge in [-0.05, 0) is 18.8 Å². The van der Waals surface area contributed by atoms with Crippen LogP contribution in [0.4, 0.5) is 0 Å². The van der Waals surface area contributed by atoms with Gasteiger partial charge >= 0.3 is 5.97 Å². The van der Waals surface area contributed by atoms with Crippen LogP contribution in [-0.4, -0.2) is 46.6 Å². The first-order chi connectivity index (χ1) is 7.99. The number of amides is 1. The Morgan fingerprint density at radius 3 is 2.59 bits per heavy atom. The lowest BCUT2D eigenvalue weighted by molar-refractivity contribution is -0.149. The molecule has 1 saturated heterocycles. The van der Waals surface area contributed by atoms with Gasteiger partial charge in [-0.2, -0.15) is 4.99 Å². The first kappa shape index (κ1) is 13.4. The smallest absolute Gasteiger partial charge is 0.326 e. The number of aliphatic imine (C=N–C) groups is 1. The lowest BCUT2D eigenvalue weighted by Gasteiger charge is -2.25. The molecule has 1 fully saturated rings. The van der Waals surface area contributed by atoms with E-state index in [1.165, 1.54) is 11.0 Å². The Morgan fingerprint density at radius 2 is 2.12 bits per heavy atom. The molecule has 1 aliphatic heterocycles. The van der Waals surface area contributed by atoms with Crippen LogP contribution in [0.2, 0.25) is 0 Å². The van der Waals surface area contributed by atoms with E-state index in [0.29, 0.717) is 19.4 Å². The summed E-state index contributed by atoms with van der Waals surface area (Å²) in [5, 5.41) is 8.98. The summed E-state index contributed by atoms with van der Waals surface area (Å²) < 4.78 is 0. The molecular formula is C11H16N2O4. The van der Waals surface area contributed by atoms with Crippen molar-refractivity contribution >= 4 is 18.0 Å². The molecule has 0 aromatic heterocycles. The zero-order valence-electron chi connectivity index (χ0n) is 9.92. The average molecular weight is 240 g/mol.